The van der Waals surface area contributed by atoms with Gasteiger partial charge >= 0.3 is 0 Å². The Balaban J connectivity index is 0.000000211. The molecule has 0 fully saturated rings. The molecule has 160 valence electrons. The van der Waals surface area contributed by atoms with Gasteiger partial charge in [-0.15, -0.1) is 11.3 Å². The third kappa shape index (κ3) is 5.67. The van der Waals surface area contributed by atoms with Gasteiger partial charge in [0.2, 0.25) is 6.41 Å². The van der Waals surface area contributed by atoms with Crippen LogP contribution >= 0.6 is 23.3 Å². The Bertz CT molecular complexity index is 904. The van der Waals surface area contributed by atoms with Crippen molar-refractivity contribution in [1.29, 1.82) is 0 Å². The van der Waals surface area contributed by atoms with Gasteiger partial charge in [0, 0.05) is 11.2 Å². The highest BCUT2D eigenvalue weighted by atomic mass is 32.2. The molecule has 2 aromatic rings. The van der Waals surface area contributed by atoms with Crippen molar-refractivity contribution >= 4 is 58.9 Å². The van der Waals surface area contributed by atoms with Crippen LogP contribution in [-0.2, 0) is 34.0 Å². The van der Waals surface area contributed by atoms with Gasteiger partial charge in [-0.1, -0.05) is 23.3 Å². The molecule has 4 rings (SSSR count). The molecule has 0 bridgehead atoms. The summed E-state index contributed by atoms with van der Waals surface area (Å²) in [6.45, 7) is 3.41. The molecule has 1 heterocycles. The van der Waals surface area contributed by atoms with Crippen LogP contribution in [-0.4, -0.2) is 45.1 Å². The third-order valence-electron chi connectivity index (χ3n) is 5.23. The molecule has 0 saturated carbocycles. The summed E-state index contributed by atoms with van der Waals surface area (Å²) >= 11 is 2.57. The van der Waals surface area contributed by atoms with E-state index in [1.807, 2.05) is 6.07 Å². The predicted octanol–water partition coefficient (Wildman–Crippen LogP) is 0.402. The SMILES string of the molecule is CC(C)(O)c1ncc(SN)s1.NC=O.[B]C1([B])CCc2c1cc1c(c2N)CCC1([B])O. The lowest BCUT2D eigenvalue weighted by molar-refractivity contribution is -0.106. The second-order valence-corrected chi connectivity index (χ2v) is 10.1. The Hall–Kier alpha value is -1.46. The molecule has 7 nitrogen and oxygen atoms in total. The number of fused-ring (bicyclic) bond motifs is 2. The molecular weight excluding hydrogens is 429 g/mol. The first-order chi connectivity index (χ1) is 14.3. The normalized spacial score (nSPS) is 20.5. The van der Waals surface area contributed by atoms with E-state index in [1.54, 1.807) is 20.0 Å². The maximum absolute atomic E-state index is 10.1. The molecule has 1 unspecified atom stereocenters. The number of nitrogens with zero attached hydrogens (tertiary/aromatic N) is 1. The van der Waals surface area contributed by atoms with E-state index >= 15 is 0 Å². The van der Waals surface area contributed by atoms with Gasteiger partial charge in [0.15, 0.2) is 0 Å². The Morgan fingerprint density at radius 1 is 1.23 bits per heavy atom. The zero-order chi connectivity index (χ0) is 23.6. The van der Waals surface area contributed by atoms with E-state index in [1.165, 1.54) is 11.3 Å². The number of aromatic nitrogens is 1. The molecule has 12 heteroatoms. The van der Waals surface area contributed by atoms with E-state index in [0.29, 0.717) is 29.8 Å². The fourth-order valence-corrected chi connectivity index (χ4v) is 4.84. The van der Waals surface area contributed by atoms with Crippen LogP contribution in [0, 0.1) is 0 Å². The maximum Gasteiger partial charge on any atom is 0.204 e. The minimum absolute atomic E-state index is 0.250. The van der Waals surface area contributed by atoms with Gasteiger partial charge in [-0.3, -0.25) is 9.93 Å². The zero-order valence-corrected chi connectivity index (χ0v) is 19.2. The Labute approximate surface area is 194 Å². The van der Waals surface area contributed by atoms with Crippen molar-refractivity contribution in [2.45, 2.75) is 60.1 Å². The number of amides is 1. The van der Waals surface area contributed by atoms with Crippen molar-refractivity contribution < 1.29 is 15.0 Å². The number of anilines is 1. The molecule has 0 aliphatic heterocycles. The van der Waals surface area contributed by atoms with E-state index in [2.05, 4.69) is 10.7 Å². The highest BCUT2D eigenvalue weighted by molar-refractivity contribution is 7.99. The van der Waals surface area contributed by atoms with Crippen LogP contribution < -0.4 is 16.6 Å². The van der Waals surface area contributed by atoms with Crippen molar-refractivity contribution in [1.82, 2.24) is 4.98 Å². The van der Waals surface area contributed by atoms with Crippen LogP contribution in [0.2, 0.25) is 0 Å². The van der Waals surface area contributed by atoms with E-state index in [0.717, 1.165) is 45.0 Å². The number of nitrogens with two attached hydrogens (primary N) is 3. The van der Waals surface area contributed by atoms with Crippen molar-refractivity contribution in [3.05, 3.63) is 39.5 Å². The van der Waals surface area contributed by atoms with Gasteiger partial charge in [-0.25, -0.2) is 4.98 Å². The first-order valence-corrected chi connectivity index (χ1v) is 11.2. The average molecular weight is 454 g/mol. The lowest BCUT2D eigenvalue weighted by Crippen LogP contribution is -2.26. The zero-order valence-electron chi connectivity index (χ0n) is 17.6. The number of nitrogen functional groups attached to an aromatic ring is 1. The number of primary amides is 1. The molecule has 2 aliphatic carbocycles. The number of thiazole rings is 1. The van der Waals surface area contributed by atoms with Gasteiger partial charge in [0.25, 0.3) is 0 Å². The summed E-state index contributed by atoms with van der Waals surface area (Å²) in [6.07, 6.45) is 4.60. The lowest BCUT2D eigenvalue weighted by atomic mass is 9.51. The summed E-state index contributed by atoms with van der Waals surface area (Å²) < 4.78 is 0.919. The minimum Gasteiger partial charge on any atom is -0.398 e. The number of carbonyl (C=O) groups excluding carboxylic acids is 1. The molecule has 1 aromatic heterocycles. The Morgan fingerprint density at radius 2 is 1.77 bits per heavy atom. The number of carbonyl (C=O) groups is 1. The average Bonchev–Trinajstić information content (AvgIpc) is 3.34. The molecule has 0 saturated heterocycles. The van der Waals surface area contributed by atoms with Crippen LogP contribution in [0.5, 0.6) is 0 Å². The second-order valence-electron chi connectivity index (χ2n) is 8.10. The Kier molecular flexibility index (Phi) is 7.97. The number of hydrogen-bond donors (Lipinski definition) is 5. The molecular formula is C19H25B3N4O3S2. The summed E-state index contributed by atoms with van der Waals surface area (Å²) in [5.41, 5.74) is 12.4. The molecule has 1 amide bonds. The van der Waals surface area contributed by atoms with Crippen LogP contribution in [0.3, 0.4) is 0 Å². The Morgan fingerprint density at radius 3 is 2.26 bits per heavy atom. The highest BCUT2D eigenvalue weighted by Gasteiger charge is 2.38. The molecule has 31 heavy (non-hydrogen) atoms. The predicted molar refractivity (Wildman–Crippen MR) is 128 cm³/mol. The summed E-state index contributed by atoms with van der Waals surface area (Å²) in [4.78, 5) is 12.6. The van der Waals surface area contributed by atoms with Crippen LogP contribution in [0.25, 0.3) is 0 Å². The van der Waals surface area contributed by atoms with Gasteiger partial charge in [-0.05, 0) is 61.7 Å². The van der Waals surface area contributed by atoms with E-state index in [9.17, 15) is 10.2 Å². The fourth-order valence-electron chi connectivity index (χ4n) is 3.64. The molecule has 8 N–H and O–H groups in total. The summed E-state index contributed by atoms with van der Waals surface area (Å²) in [7, 11) is 17.9. The topological polar surface area (TPSA) is 148 Å². The molecule has 6 radical (unpaired) electrons. The van der Waals surface area contributed by atoms with Crippen LogP contribution in [0.15, 0.2) is 16.5 Å². The number of aliphatic hydroxyl groups is 2. The molecule has 2 aliphatic rings. The highest BCUT2D eigenvalue weighted by Crippen LogP contribution is 2.46. The smallest absolute Gasteiger partial charge is 0.204 e. The molecule has 0 spiro atoms. The third-order valence-corrected chi connectivity index (χ3v) is 7.21. The largest absolute Gasteiger partial charge is 0.398 e. The second kappa shape index (κ2) is 9.58. The van der Waals surface area contributed by atoms with Crippen molar-refractivity contribution in [2.24, 2.45) is 10.9 Å². The van der Waals surface area contributed by atoms with E-state index in [4.69, 9.17) is 39.2 Å². The van der Waals surface area contributed by atoms with Crippen LogP contribution in [0.1, 0.15) is 54.0 Å². The first-order valence-electron chi connectivity index (χ1n) is 9.53. The van der Waals surface area contributed by atoms with Crippen molar-refractivity contribution in [3.8, 4) is 0 Å². The van der Waals surface area contributed by atoms with Gasteiger partial charge in [0.1, 0.15) is 18.5 Å². The first kappa shape index (κ1) is 25.8. The van der Waals surface area contributed by atoms with E-state index < -0.39 is 16.3 Å². The summed E-state index contributed by atoms with van der Waals surface area (Å²) in [5.74, 6) is 0. The number of benzene rings is 1. The van der Waals surface area contributed by atoms with Crippen molar-refractivity contribution in [3.63, 3.8) is 0 Å². The minimum atomic E-state index is -1.29. The van der Waals surface area contributed by atoms with E-state index in [-0.39, 0.29) is 6.41 Å². The van der Waals surface area contributed by atoms with Crippen molar-refractivity contribution in [2.75, 3.05) is 5.73 Å². The lowest BCUT2D eigenvalue weighted by Gasteiger charge is -2.25. The van der Waals surface area contributed by atoms with Crippen LogP contribution in [0.4, 0.5) is 5.69 Å². The molecule has 1 aromatic carbocycles. The number of hydrogen-bond acceptors (Lipinski definition) is 8. The monoisotopic (exact) mass is 454 g/mol. The van der Waals surface area contributed by atoms with Gasteiger partial charge in [-0.2, -0.15) is 0 Å². The quantitative estimate of drug-likeness (QED) is 0.191. The molecule has 1 atom stereocenters. The summed E-state index contributed by atoms with van der Waals surface area (Å²) in [6, 6.07) is 1.85. The van der Waals surface area contributed by atoms with Gasteiger partial charge in [0.05, 0.1) is 26.1 Å². The maximum atomic E-state index is 10.1. The standard InChI is InChI=1S/C12H12B3NO.C6H10N2OS2.CH3NO/c13-11(14)3-1-6-8(11)5-9-7(10(6)16)2-4-12(9,15)17;1-6(2,9)5-8-3-4(10-5)11-7;2-1-3/h5,17H,1-4,16H2;3,9H,7H2,1-2H3;1H,(H2,2,3). The fraction of sp³-hybridized carbons (Fsp3) is 0.474. The summed E-state index contributed by atoms with van der Waals surface area (Å²) in [5, 5.41) is 24.8. The van der Waals surface area contributed by atoms with Gasteiger partial charge < -0.3 is 21.7 Å². The number of rotatable bonds is 2.